The van der Waals surface area contributed by atoms with Gasteiger partial charge in [0.05, 0.1) is 24.6 Å². The summed E-state index contributed by atoms with van der Waals surface area (Å²) in [5.41, 5.74) is 0. The van der Waals surface area contributed by atoms with Gasteiger partial charge in [-0.2, -0.15) is 0 Å². The van der Waals surface area contributed by atoms with E-state index < -0.39 is 0 Å². The van der Waals surface area contributed by atoms with E-state index in [0.29, 0.717) is 0 Å². The van der Waals surface area contributed by atoms with Crippen LogP contribution in [0.3, 0.4) is 0 Å². The zero-order valence-electron chi connectivity index (χ0n) is 12.4. The number of halogens is 1. The molecule has 18 heavy (non-hydrogen) atoms. The Balaban J connectivity index is 0. The van der Waals surface area contributed by atoms with Crippen molar-refractivity contribution in [3.05, 3.63) is 0 Å². The van der Waals surface area contributed by atoms with Crippen LogP contribution in [0.1, 0.15) is 12.8 Å². The second-order valence-corrected chi connectivity index (χ2v) is 13.1. The molecule has 0 fully saturated rings. The van der Waals surface area contributed by atoms with Crippen LogP contribution >= 0.6 is 47.2 Å². The maximum atomic E-state index is 3.69. The third kappa shape index (κ3) is 18.7. The van der Waals surface area contributed by atoms with E-state index in [0.717, 1.165) is 0 Å². The molecule has 0 rings (SSSR count). The monoisotopic (exact) mass is 437 g/mol. The van der Waals surface area contributed by atoms with E-state index in [4.69, 9.17) is 0 Å². The van der Waals surface area contributed by atoms with Crippen molar-refractivity contribution in [1.82, 2.24) is 0 Å². The van der Waals surface area contributed by atoms with Crippen molar-refractivity contribution in [2.24, 2.45) is 0 Å². The molecule has 0 aromatic rings. The molecule has 0 aliphatic heterocycles. The van der Waals surface area contributed by atoms with Gasteiger partial charge in [0.15, 0.2) is 0 Å². The van der Waals surface area contributed by atoms with E-state index in [1.165, 1.54) is 42.3 Å². The second kappa shape index (κ2) is 19.7. The van der Waals surface area contributed by atoms with Crippen molar-refractivity contribution in [3.63, 3.8) is 0 Å². The van der Waals surface area contributed by atoms with E-state index in [1.54, 1.807) is 24.6 Å². The van der Waals surface area contributed by atoms with Crippen molar-refractivity contribution in [3.8, 4) is 0 Å². The zero-order chi connectivity index (χ0) is 14.2. The molecule has 0 radical (unpaired) electrons. The summed E-state index contributed by atoms with van der Waals surface area (Å²) in [6.07, 6.45) is 12.4. The number of hydrogen-bond acceptors (Lipinski definition) is 0. The predicted octanol–water partition coefficient (Wildman–Crippen LogP) is 4.91. The molecule has 115 valence electrons. The molecule has 0 bridgehead atoms. The van der Waals surface area contributed by atoms with E-state index in [2.05, 4.69) is 54.6 Å². The standard InChI is InChI=1S/C12H30P4.BrH.Ni/c1-13-7-5-9-15(3)11-12-16(4)10-6-8-14-2;;/h13-14H,5-12H2,1-4H3;1H;/q;;+1/p+1. The van der Waals surface area contributed by atoms with Crippen LogP contribution in [0, 0.1) is 0 Å². The Kier molecular flexibility index (Phi) is 25.1. The van der Waals surface area contributed by atoms with Crippen LogP contribution in [0.2, 0.25) is 0 Å². The summed E-state index contributed by atoms with van der Waals surface area (Å²) in [4.78, 5) is 0. The van der Waals surface area contributed by atoms with Gasteiger partial charge in [0.2, 0.25) is 0 Å². The van der Waals surface area contributed by atoms with Gasteiger partial charge in [0, 0.05) is 29.2 Å². The van der Waals surface area contributed by atoms with Gasteiger partial charge in [-0.25, -0.2) is 0 Å². The topological polar surface area (TPSA) is 0 Å². The van der Waals surface area contributed by atoms with Gasteiger partial charge in [0.25, 0.3) is 0 Å². The summed E-state index contributed by atoms with van der Waals surface area (Å²) >= 11 is 6.25. The molecule has 0 aliphatic rings. The first kappa shape index (κ1) is 23.0. The van der Waals surface area contributed by atoms with Crippen LogP contribution in [0.5, 0.6) is 0 Å². The van der Waals surface area contributed by atoms with Crippen LogP contribution in [-0.2, 0) is 13.7 Å². The van der Waals surface area contributed by atoms with E-state index in [1.807, 2.05) is 0 Å². The van der Waals surface area contributed by atoms with Crippen molar-refractivity contribution in [2.45, 2.75) is 12.8 Å². The summed E-state index contributed by atoms with van der Waals surface area (Å²) in [6.45, 7) is 9.80. The van der Waals surface area contributed by atoms with E-state index in [9.17, 15) is 0 Å². The van der Waals surface area contributed by atoms with Crippen LogP contribution in [-0.4, -0.2) is 63.6 Å². The van der Waals surface area contributed by atoms with Crippen molar-refractivity contribution >= 4 is 47.2 Å². The van der Waals surface area contributed by atoms with Crippen LogP contribution in [0.4, 0.5) is 0 Å². The summed E-state index contributed by atoms with van der Waals surface area (Å²) in [7, 11) is 2.44. The molecular formula is C12H32BrNiP4+2. The maximum absolute atomic E-state index is 3.69. The fourth-order valence-corrected chi connectivity index (χ4v) is 9.05. The first-order valence-electron chi connectivity index (χ1n) is 6.74. The molecule has 0 spiro atoms. The van der Waals surface area contributed by atoms with Gasteiger partial charge in [-0.05, 0) is 38.5 Å². The Bertz CT molecular complexity index is 136. The van der Waals surface area contributed by atoms with E-state index >= 15 is 0 Å². The molecule has 0 aliphatic carbocycles. The quantitative estimate of drug-likeness (QED) is 0.244. The SMILES string of the molecule is CPCCC[PH+](C)CC[PH+](C)CCCPC.[Ni][Br]. The fourth-order valence-electron chi connectivity index (χ4n) is 1.81. The number of hydrogen-bond donors (Lipinski definition) is 0. The van der Waals surface area contributed by atoms with Crippen molar-refractivity contribution < 1.29 is 13.7 Å². The Hall–Kier alpha value is 2.69. The molecule has 0 aromatic heterocycles. The molecule has 4 atom stereocenters. The molecule has 0 saturated heterocycles. The van der Waals surface area contributed by atoms with Crippen LogP contribution in [0.15, 0.2) is 0 Å². The molecule has 4 unspecified atom stereocenters. The van der Waals surface area contributed by atoms with Gasteiger partial charge in [-0.15, -0.1) is 17.2 Å². The van der Waals surface area contributed by atoms with Crippen molar-refractivity contribution in [1.29, 1.82) is 0 Å². The van der Waals surface area contributed by atoms with Crippen LogP contribution < -0.4 is 0 Å². The molecule has 0 aromatic carbocycles. The van der Waals surface area contributed by atoms with Gasteiger partial charge in [0.1, 0.15) is 0 Å². The zero-order valence-corrected chi connectivity index (χ0v) is 18.9. The number of rotatable bonds is 11. The summed E-state index contributed by atoms with van der Waals surface area (Å²) in [6, 6.07) is 0. The third-order valence-electron chi connectivity index (χ3n) is 3.04. The van der Waals surface area contributed by atoms with Gasteiger partial charge < -0.3 is 0 Å². The molecule has 0 saturated carbocycles. The van der Waals surface area contributed by atoms with Gasteiger partial charge >= 0.3 is 27.9 Å². The molecule has 6 heteroatoms. The Labute approximate surface area is 137 Å². The fraction of sp³-hybridized carbons (Fsp3) is 1.00. The molecule has 0 amide bonds. The van der Waals surface area contributed by atoms with Gasteiger partial charge in [-0.1, -0.05) is 0 Å². The summed E-state index contributed by atoms with van der Waals surface area (Å²) < 4.78 is 0. The minimum absolute atomic E-state index is 0.0445. The molecule has 0 N–H and O–H groups in total. The second-order valence-electron chi connectivity index (χ2n) is 4.83. The molecule has 0 heterocycles. The summed E-state index contributed by atoms with van der Waals surface area (Å²) in [5, 5.41) is 0. The molecular weight excluding hydrogens is 407 g/mol. The Morgan fingerprint density at radius 2 is 1.11 bits per heavy atom. The minimum atomic E-state index is 0.0445. The average Bonchev–Trinajstić information content (AvgIpc) is 2.39. The Morgan fingerprint density at radius 3 is 1.39 bits per heavy atom. The van der Waals surface area contributed by atoms with E-state index in [-0.39, 0.29) is 15.8 Å². The summed E-state index contributed by atoms with van der Waals surface area (Å²) in [5.74, 6) is 0. The van der Waals surface area contributed by atoms with Crippen molar-refractivity contribution in [2.75, 3.05) is 63.6 Å². The van der Waals surface area contributed by atoms with Gasteiger partial charge in [-0.3, -0.25) is 0 Å². The van der Waals surface area contributed by atoms with Crippen LogP contribution in [0.25, 0.3) is 0 Å². The Morgan fingerprint density at radius 1 is 0.778 bits per heavy atom. The first-order valence-corrected chi connectivity index (χ1v) is 17.4. The normalized spacial score (nSPS) is 15.1. The average molecular weight is 439 g/mol. The first-order chi connectivity index (χ1) is 8.70. The third-order valence-corrected chi connectivity index (χ3v) is 9.87. The molecule has 0 nitrogen and oxygen atoms in total. The predicted molar refractivity (Wildman–Crippen MR) is 104 cm³/mol.